The number of thiazole rings is 1. The highest BCUT2D eigenvalue weighted by molar-refractivity contribution is 7.12. The molecule has 30 heavy (non-hydrogen) atoms. The van der Waals surface area contributed by atoms with Crippen molar-refractivity contribution >= 4 is 23.2 Å². The monoisotopic (exact) mass is 426 g/mol. The largest absolute Gasteiger partial charge is 0.342 e. The van der Waals surface area contributed by atoms with Crippen molar-refractivity contribution in [3.8, 4) is 11.3 Å². The minimum Gasteiger partial charge on any atom is -0.342 e. The SMILES string of the molecule is Cc1ccc(-c2nc(C)sc2CC(=O)N2CCN(CC(=O)N3CCCC3)CC2)cc1. The predicted molar refractivity (Wildman–Crippen MR) is 120 cm³/mol. The number of likely N-dealkylation sites (tertiary alicyclic amines) is 1. The van der Waals surface area contributed by atoms with Crippen LogP contribution in [0.15, 0.2) is 24.3 Å². The Labute approximate surface area is 182 Å². The summed E-state index contributed by atoms with van der Waals surface area (Å²) in [4.78, 5) is 37.1. The molecule has 0 spiro atoms. The van der Waals surface area contributed by atoms with Gasteiger partial charge in [-0.05, 0) is 26.7 Å². The second kappa shape index (κ2) is 9.27. The third kappa shape index (κ3) is 4.90. The van der Waals surface area contributed by atoms with Crippen LogP contribution in [-0.2, 0) is 16.0 Å². The van der Waals surface area contributed by atoms with Gasteiger partial charge in [-0.3, -0.25) is 14.5 Å². The van der Waals surface area contributed by atoms with Crippen LogP contribution in [0.2, 0.25) is 0 Å². The summed E-state index contributed by atoms with van der Waals surface area (Å²) < 4.78 is 0. The van der Waals surface area contributed by atoms with E-state index in [2.05, 4.69) is 41.1 Å². The summed E-state index contributed by atoms with van der Waals surface area (Å²) in [5.74, 6) is 0.382. The van der Waals surface area contributed by atoms with Crippen molar-refractivity contribution in [2.24, 2.45) is 0 Å². The van der Waals surface area contributed by atoms with Gasteiger partial charge in [0.1, 0.15) is 0 Å². The summed E-state index contributed by atoms with van der Waals surface area (Å²) in [6.45, 7) is 9.23. The second-order valence-electron chi connectivity index (χ2n) is 8.29. The lowest BCUT2D eigenvalue weighted by Gasteiger charge is -2.35. The van der Waals surface area contributed by atoms with E-state index < -0.39 is 0 Å². The van der Waals surface area contributed by atoms with Gasteiger partial charge in [-0.1, -0.05) is 29.8 Å². The molecule has 2 saturated heterocycles. The van der Waals surface area contributed by atoms with Crippen LogP contribution in [0.5, 0.6) is 0 Å². The van der Waals surface area contributed by atoms with Gasteiger partial charge in [0, 0.05) is 49.7 Å². The zero-order chi connectivity index (χ0) is 21.1. The van der Waals surface area contributed by atoms with E-state index in [4.69, 9.17) is 0 Å². The average molecular weight is 427 g/mol. The molecule has 6 nitrogen and oxygen atoms in total. The number of nitrogens with zero attached hydrogens (tertiary/aromatic N) is 4. The van der Waals surface area contributed by atoms with Gasteiger partial charge in [0.15, 0.2) is 0 Å². The van der Waals surface area contributed by atoms with Crippen LogP contribution >= 0.6 is 11.3 Å². The quantitative estimate of drug-likeness (QED) is 0.738. The van der Waals surface area contributed by atoms with Crippen LogP contribution in [0.3, 0.4) is 0 Å². The van der Waals surface area contributed by atoms with Crippen molar-refractivity contribution in [2.75, 3.05) is 45.8 Å². The van der Waals surface area contributed by atoms with E-state index in [0.717, 1.165) is 60.2 Å². The summed E-state index contributed by atoms with van der Waals surface area (Å²) in [7, 11) is 0. The van der Waals surface area contributed by atoms with Gasteiger partial charge in [0.25, 0.3) is 0 Å². The second-order valence-corrected chi connectivity index (χ2v) is 9.58. The summed E-state index contributed by atoms with van der Waals surface area (Å²) >= 11 is 1.61. The van der Waals surface area contributed by atoms with E-state index in [-0.39, 0.29) is 11.8 Å². The van der Waals surface area contributed by atoms with Crippen LogP contribution in [0.1, 0.15) is 28.3 Å². The van der Waals surface area contributed by atoms with E-state index in [9.17, 15) is 9.59 Å². The lowest BCUT2D eigenvalue weighted by Crippen LogP contribution is -2.51. The van der Waals surface area contributed by atoms with Gasteiger partial charge in [-0.25, -0.2) is 4.98 Å². The van der Waals surface area contributed by atoms with Crippen molar-refractivity contribution in [2.45, 2.75) is 33.1 Å². The first-order valence-corrected chi connectivity index (χ1v) is 11.6. The molecule has 2 aliphatic rings. The molecule has 2 amide bonds. The average Bonchev–Trinajstić information content (AvgIpc) is 3.39. The zero-order valence-electron chi connectivity index (χ0n) is 17.9. The number of hydrogen-bond acceptors (Lipinski definition) is 5. The lowest BCUT2D eigenvalue weighted by molar-refractivity contribution is -0.134. The molecule has 3 heterocycles. The Morgan fingerprint density at radius 3 is 2.20 bits per heavy atom. The maximum atomic E-state index is 13.0. The maximum absolute atomic E-state index is 13.0. The van der Waals surface area contributed by atoms with Gasteiger partial charge < -0.3 is 9.80 Å². The first kappa shape index (κ1) is 21.0. The molecule has 1 aromatic heterocycles. The van der Waals surface area contributed by atoms with E-state index in [1.807, 2.05) is 16.7 Å². The van der Waals surface area contributed by atoms with E-state index in [1.165, 1.54) is 5.56 Å². The first-order chi connectivity index (χ1) is 14.5. The van der Waals surface area contributed by atoms with Gasteiger partial charge >= 0.3 is 0 Å². The summed E-state index contributed by atoms with van der Waals surface area (Å²) in [6, 6.07) is 8.32. The highest BCUT2D eigenvalue weighted by Gasteiger charge is 2.26. The standard InChI is InChI=1S/C23H30N4O2S/c1-17-5-7-19(8-6-17)23-20(30-18(2)24-23)15-21(28)27-13-11-25(12-14-27)16-22(29)26-9-3-4-10-26/h5-8H,3-4,9-16H2,1-2H3. The Balaban J connectivity index is 1.33. The molecular weight excluding hydrogens is 396 g/mol. The van der Waals surface area contributed by atoms with E-state index in [0.29, 0.717) is 26.1 Å². The number of aromatic nitrogens is 1. The van der Waals surface area contributed by atoms with Crippen LogP contribution in [0.25, 0.3) is 11.3 Å². The molecule has 2 fully saturated rings. The van der Waals surface area contributed by atoms with E-state index >= 15 is 0 Å². The fourth-order valence-electron chi connectivity index (χ4n) is 4.19. The Hall–Kier alpha value is -2.25. The molecule has 1 aromatic carbocycles. The van der Waals surface area contributed by atoms with Crippen LogP contribution in [0, 0.1) is 13.8 Å². The zero-order valence-corrected chi connectivity index (χ0v) is 18.7. The van der Waals surface area contributed by atoms with E-state index in [1.54, 1.807) is 11.3 Å². The molecule has 0 radical (unpaired) electrons. The number of carbonyl (C=O) groups is 2. The highest BCUT2D eigenvalue weighted by Crippen LogP contribution is 2.29. The number of carbonyl (C=O) groups excluding carboxylic acids is 2. The Morgan fingerprint density at radius 1 is 0.900 bits per heavy atom. The lowest BCUT2D eigenvalue weighted by atomic mass is 10.1. The molecule has 7 heteroatoms. The molecule has 0 bridgehead atoms. The Kier molecular flexibility index (Phi) is 6.49. The molecule has 0 saturated carbocycles. The maximum Gasteiger partial charge on any atom is 0.236 e. The van der Waals surface area contributed by atoms with Gasteiger partial charge in [0.05, 0.1) is 23.7 Å². The molecule has 2 aromatic rings. The Bertz CT molecular complexity index is 894. The number of piperazine rings is 1. The number of aryl methyl sites for hydroxylation is 2. The number of hydrogen-bond donors (Lipinski definition) is 0. The molecule has 0 atom stereocenters. The van der Waals surface area contributed by atoms with Crippen LogP contribution < -0.4 is 0 Å². The molecule has 4 rings (SSSR count). The highest BCUT2D eigenvalue weighted by atomic mass is 32.1. The van der Waals surface area contributed by atoms with Crippen molar-refractivity contribution in [3.63, 3.8) is 0 Å². The van der Waals surface area contributed by atoms with Crippen LogP contribution in [0.4, 0.5) is 0 Å². The third-order valence-electron chi connectivity index (χ3n) is 5.98. The topological polar surface area (TPSA) is 56.8 Å². The summed E-state index contributed by atoms with van der Waals surface area (Å²) in [5.41, 5.74) is 3.21. The first-order valence-electron chi connectivity index (χ1n) is 10.8. The molecule has 2 aliphatic heterocycles. The normalized spacial score (nSPS) is 17.5. The molecule has 0 aliphatic carbocycles. The fourth-order valence-corrected chi connectivity index (χ4v) is 5.14. The molecular formula is C23H30N4O2S. The number of amides is 2. The van der Waals surface area contributed by atoms with Crippen molar-refractivity contribution in [1.29, 1.82) is 0 Å². The third-order valence-corrected chi connectivity index (χ3v) is 6.95. The smallest absolute Gasteiger partial charge is 0.236 e. The summed E-state index contributed by atoms with van der Waals surface area (Å²) in [6.07, 6.45) is 2.63. The van der Waals surface area contributed by atoms with Gasteiger partial charge in [0.2, 0.25) is 11.8 Å². The fraction of sp³-hybridized carbons (Fsp3) is 0.522. The molecule has 160 valence electrons. The van der Waals surface area contributed by atoms with Crippen molar-refractivity contribution < 1.29 is 9.59 Å². The minimum absolute atomic E-state index is 0.150. The van der Waals surface area contributed by atoms with Crippen molar-refractivity contribution in [3.05, 3.63) is 39.7 Å². The van der Waals surface area contributed by atoms with Gasteiger partial charge in [-0.15, -0.1) is 11.3 Å². The molecule has 0 N–H and O–H groups in total. The predicted octanol–water partition coefficient (Wildman–Crippen LogP) is 2.74. The molecule has 0 unspecified atom stereocenters. The number of rotatable bonds is 5. The van der Waals surface area contributed by atoms with Crippen molar-refractivity contribution in [1.82, 2.24) is 19.7 Å². The van der Waals surface area contributed by atoms with Gasteiger partial charge in [-0.2, -0.15) is 0 Å². The number of benzene rings is 1. The Morgan fingerprint density at radius 2 is 1.53 bits per heavy atom. The van der Waals surface area contributed by atoms with Crippen LogP contribution in [-0.4, -0.2) is 77.3 Å². The summed E-state index contributed by atoms with van der Waals surface area (Å²) in [5, 5.41) is 0.985. The minimum atomic E-state index is 0.150.